The predicted octanol–water partition coefficient (Wildman–Crippen LogP) is 4.76. The molecule has 6 aliphatic rings. The fourth-order valence-electron chi connectivity index (χ4n) is 9.21. The number of carbonyl (C=O) groups is 4. The maximum atomic E-state index is 14.8. The number of hydrogen-bond donors (Lipinski definition) is 3. The monoisotopic (exact) mass is 814 g/mol. The lowest BCUT2D eigenvalue weighted by Gasteiger charge is -2.34. The van der Waals surface area contributed by atoms with Crippen molar-refractivity contribution in [2.45, 2.75) is 151 Å². The molecule has 8 rings (SSSR count). The van der Waals surface area contributed by atoms with Crippen LogP contribution >= 0.6 is 0 Å². The number of nitrogens with zero attached hydrogens (tertiary/aromatic N) is 3. The maximum absolute atomic E-state index is 14.8. The van der Waals surface area contributed by atoms with Crippen LogP contribution in [-0.2, 0) is 35.6 Å². The second-order valence-electron chi connectivity index (χ2n) is 17.2. The third-order valence-corrected chi connectivity index (χ3v) is 15.2. The number of alkyl carbamates (subject to hydrolysis) is 1. The Morgan fingerprint density at radius 3 is 2.52 bits per heavy atom. The highest BCUT2D eigenvalue weighted by Crippen LogP contribution is 2.43. The molecule has 3 N–H and O–H groups in total. The van der Waals surface area contributed by atoms with Crippen molar-refractivity contribution in [2.24, 2.45) is 11.8 Å². The minimum atomic E-state index is -4.08. The molecular formula is C43H54N6O8S. The Hall–Kier alpha value is -4.71. The van der Waals surface area contributed by atoms with Crippen LogP contribution in [-0.4, -0.2) is 88.2 Å². The Balaban J connectivity index is 1.16. The molecule has 4 amide bonds. The molecule has 58 heavy (non-hydrogen) atoms. The number of allylic oxidation sites excluding steroid dienone is 1. The summed E-state index contributed by atoms with van der Waals surface area (Å²) in [5.74, 6) is 3.71. The standard InChI is InChI=1S/C43H54N6O8S/c1-42(24-25-42)58(54,55)48-40(52)43-23-13-17-29(43)16-7-3-2-4-8-21-34-39(51)49-27-30(26-35(49)37(50)47-43)56-38-33(44-31-18-10-11-19-32(31)45-38)20-9-5-6-14-28-15-12-22-36(28)57-41(53)46-34/h7,10-11,16,18-19,28-30,34-36H,2-6,8-9,12,14-15,17,20-22,24-27H2,1H3,(H,46,53)(H,47,50)(H,48,52). The first kappa shape index (κ1) is 40.1. The first-order valence-corrected chi connectivity index (χ1v) is 22.7. The van der Waals surface area contributed by atoms with Gasteiger partial charge in [0.15, 0.2) is 5.54 Å². The van der Waals surface area contributed by atoms with Gasteiger partial charge in [0.1, 0.15) is 30.0 Å². The Bertz CT molecular complexity index is 2150. The second-order valence-corrected chi connectivity index (χ2v) is 19.4. The van der Waals surface area contributed by atoms with E-state index in [0.717, 1.165) is 63.3 Å². The van der Waals surface area contributed by atoms with Crippen LogP contribution in [0.4, 0.5) is 4.79 Å². The van der Waals surface area contributed by atoms with Crippen LogP contribution in [0.2, 0.25) is 0 Å². The van der Waals surface area contributed by atoms with Crippen LogP contribution in [0.5, 0.6) is 5.88 Å². The summed E-state index contributed by atoms with van der Waals surface area (Å²) in [5.41, 5.74) is 0.182. The number of ether oxygens (including phenoxy) is 2. The molecule has 7 unspecified atom stereocenters. The molecule has 0 spiro atoms. The Kier molecular flexibility index (Phi) is 11.4. The number of amides is 4. The molecule has 3 aliphatic carbocycles. The molecule has 3 fully saturated rings. The zero-order chi connectivity index (χ0) is 40.5. The van der Waals surface area contributed by atoms with Gasteiger partial charge in [-0.2, -0.15) is 0 Å². The Morgan fingerprint density at radius 1 is 0.948 bits per heavy atom. The van der Waals surface area contributed by atoms with Gasteiger partial charge < -0.3 is 25.0 Å². The quantitative estimate of drug-likeness (QED) is 0.289. The number of carbonyl (C=O) groups excluding carboxylic acids is 4. The fourth-order valence-corrected chi connectivity index (χ4v) is 10.5. The molecule has 14 nitrogen and oxygen atoms in total. The molecular weight excluding hydrogens is 761 g/mol. The van der Waals surface area contributed by atoms with Gasteiger partial charge >= 0.3 is 6.09 Å². The zero-order valence-corrected chi connectivity index (χ0v) is 34.0. The molecule has 3 aliphatic heterocycles. The molecule has 2 saturated carbocycles. The minimum Gasteiger partial charge on any atom is -0.471 e. The van der Waals surface area contributed by atoms with Gasteiger partial charge in [-0.25, -0.2) is 27.9 Å². The molecule has 3 bridgehead atoms. The lowest BCUT2D eigenvalue weighted by Crippen LogP contribution is -2.65. The van der Waals surface area contributed by atoms with Gasteiger partial charge in [0.25, 0.3) is 5.91 Å². The van der Waals surface area contributed by atoms with E-state index in [0.29, 0.717) is 55.6 Å². The van der Waals surface area contributed by atoms with E-state index in [4.69, 9.17) is 19.4 Å². The summed E-state index contributed by atoms with van der Waals surface area (Å²) < 4.78 is 40.6. The lowest BCUT2D eigenvalue weighted by atomic mass is 9.84. The number of fused-ring (bicyclic) bond motifs is 6. The predicted molar refractivity (Wildman–Crippen MR) is 214 cm³/mol. The summed E-state index contributed by atoms with van der Waals surface area (Å²) in [6.07, 6.45) is 13.5. The fraction of sp³-hybridized carbons (Fsp3) is 0.628. The molecule has 310 valence electrons. The van der Waals surface area contributed by atoms with Crippen molar-refractivity contribution < 1.29 is 37.1 Å². The lowest BCUT2D eigenvalue weighted by molar-refractivity contribution is -0.141. The molecule has 2 aromatic rings. The van der Waals surface area contributed by atoms with E-state index in [-0.39, 0.29) is 31.4 Å². The molecule has 1 aromatic heterocycles. The minimum absolute atomic E-state index is 0.0102. The van der Waals surface area contributed by atoms with Crippen LogP contribution in [0.15, 0.2) is 36.4 Å². The van der Waals surface area contributed by atoms with E-state index >= 15 is 0 Å². The maximum Gasteiger partial charge on any atom is 0.408 e. The highest BCUT2D eigenvalue weighted by atomic mass is 32.2. The largest absolute Gasteiger partial charge is 0.471 e. The molecule has 15 heteroatoms. The van der Waals surface area contributed by atoms with Gasteiger partial charge in [0.05, 0.1) is 22.3 Å². The van der Waals surface area contributed by atoms with Gasteiger partial charge in [-0.1, -0.05) is 61.8 Å². The van der Waals surface area contributed by atoms with Crippen LogP contribution in [0.1, 0.15) is 115 Å². The van der Waals surface area contributed by atoms with E-state index in [1.54, 1.807) is 6.92 Å². The van der Waals surface area contributed by atoms with E-state index in [2.05, 4.69) is 27.2 Å². The van der Waals surface area contributed by atoms with Gasteiger partial charge in [0, 0.05) is 18.8 Å². The summed E-state index contributed by atoms with van der Waals surface area (Å²) in [5, 5.41) is 5.77. The van der Waals surface area contributed by atoms with Crippen molar-refractivity contribution in [3.8, 4) is 17.7 Å². The van der Waals surface area contributed by atoms with Gasteiger partial charge in [-0.3, -0.25) is 14.4 Å². The topological polar surface area (TPSA) is 186 Å². The second kappa shape index (κ2) is 16.5. The van der Waals surface area contributed by atoms with Crippen molar-refractivity contribution >= 4 is 44.9 Å². The summed E-state index contributed by atoms with van der Waals surface area (Å²) in [4.78, 5) is 68.6. The summed E-state index contributed by atoms with van der Waals surface area (Å²) >= 11 is 0. The average molecular weight is 815 g/mol. The van der Waals surface area contributed by atoms with E-state index in [1.807, 2.05) is 36.4 Å². The summed E-state index contributed by atoms with van der Waals surface area (Å²) in [7, 11) is -4.08. The third kappa shape index (κ3) is 8.26. The molecule has 1 aromatic carbocycles. The highest BCUT2D eigenvalue weighted by Gasteiger charge is 2.56. The number of hydrogen-bond acceptors (Lipinski definition) is 10. The first-order valence-electron chi connectivity index (χ1n) is 21.2. The number of nitrogens with one attached hydrogen (secondary N) is 3. The summed E-state index contributed by atoms with van der Waals surface area (Å²) in [6, 6.07) is 5.42. The van der Waals surface area contributed by atoms with Crippen LogP contribution in [0.3, 0.4) is 0 Å². The number of para-hydroxylation sites is 2. The number of rotatable bonds is 3. The van der Waals surface area contributed by atoms with Gasteiger partial charge in [-0.15, -0.1) is 0 Å². The highest BCUT2D eigenvalue weighted by molar-refractivity contribution is 7.91. The normalized spacial score (nSPS) is 31.6. The first-order chi connectivity index (χ1) is 27.9. The molecule has 1 saturated heterocycles. The number of aromatic nitrogens is 2. The van der Waals surface area contributed by atoms with Crippen molar-refractivity contribution in [3.63, 3.8) is 0 Å². The van der Waals surface area contributed by atoms with E-state index < -0.39 is 68.2 Å². The van der Waals surface area contributed by atoms with Crippen molar-refractivity contribution in [1.29, 1.82) is 0 Å². The average Bonchev–Trinajstić information content (AvgIpc) is 3.47. The number of sulfonamides is 1. The van der Waals surface area contributed by atoms with Gasteiger partial charge in [-0.05, 0) is 95.6 Å². The molecule has 7 atom stereocenters. The number of aryl methyl sites for hydroxylation is 1. The van der Waals surface area contributed by atoms with Crippen molar-refractivity contribution in [2.75, 3.05) is 6.54 Å². The Morgan fingerprint density at radius 2 is 1.71 bits per heavy atom. The third-order valence-electron chi connectivity index (χ3n) is 13.1. The molecule has 4 heterocycles. The van der Waals surface area contributed by atoms with Crippen molar-refractivity contribution in [3.05, 3.63) is 42.1 Å². The van der Waals surface area contributed by atoms with Crippen molar-refractivity contribution in [1.82, 2.24) is 30.2 Å². The Labute approximate surface area is 340 Å². The van der Waals surface area contributed by atoms with E-state index in [9.17, 15) is 27.6 Å². The van der Waals surface area contributed by atoms with Crippen LogP contribution in [0, 0.1) is 23.7 Å². The van der Waals surface area contributed by atoms with Crippen LogP contribution in [0.25, 0.3) is 11.0 Å². The molecule has 0 radical (unpaired) electrons. The van der Waals surface area contributed by atoms with E-state index in [1.165, 1.54) is 4.90 Å². The van der Waals surface area contributed by atoms with Crippen LogP contribution < -0.4 is 20.1 Å². The van der Waals surface area contributed by atoms with Gasteiger partial charge in [0.2, 0.25) is 27.7 Å². The SMILES string of the molecule is CC1(S(=O)(=O)NC(=O)C23C#CCC2C=CCCCCCC2NC(=O)OC4CCCC4CCCCCc4nc5ccccc5nc4OC4CC(C(=O)N3)N(C4)C2=O)CC1. The zero-order valence-electron chi connectivity index (χ0n) is 33.2. The summed E-state index contributed by atoms with van der Waals surface area (Å²) in [6.45, 7) is 1.57. The smallest absolute Gasteiger partial charge is 0.408 e. The number of benzene rings is 1.